The molecule has 0 spiro atoms. The lowest BCUT2D eigenvalue weighted by molar-refractivity contribution is -0.146. The second kappa shape index (κ2) is 5.42. The normalized spacial score (nSPS) is 14.4. The Labute approximate surface area is 105 Å². The van der Waals surface area contributed by atoms with Crippen molar-refractivity contribution in [1.29, 1.82) is 0 Å². The van der Waals surface area contributed by atoms with E-state index in [2.05, 4.69) is 14.7 Å². The number of carbonyl (C=O) groups excluding carboxylic acids is 1. The van der Waals surface area contributed by atoms with Crippen molar-refractivity contribution in [3.05, 3.63) is 23.2 Å². The summed E-state index contributed by atoms with van der Waals surface area (Å²) in [5.41, 5.74) is -1.17. The zero-order chi connectivity index (χ0) is 13.1. The molecule has 0 aliphatic heterocycles. The van der Waals surface area contributed by atoms with Gasteiger partial charge in [-0.05, 0) is 24.6 Å². The Balaban J connectivity index is 3.27. The van der Waals surface area contributed by atoms with Crippen molar-refractivity contribution in [1.82, 2.24) is 9.97 Å². The summed E-state index contributed by atoms with van der Waals surface area (Å²) in [5, 5.41) is -0.0567. The predicted octanol–water partition coefficient (Wildman–Crippen LogP) is 0.172. The third kappa shape index (κ3) is 3.13. The van der Waals surface area contributed by atoms with E-state index in [-0.39, 0.29) is 11.0 Å². The maximum absolute atomic E-state index is 11.7. The highest BCUT2D eigenvalue weighted by Crippen LogP contribution is 2.24. The van der Waals surface area contributed by atoms with E-state index in [1.54, 1.807) is 0 Å². The molecule has 0 bridgehead atoms. The van der Waals surface area contributed by atoms with E-state index in [1.165, 1.54) is 26.3 Å². The van der Waals surface area contributed by atoms with Gasteiger partial charge >= 0.3 is 5.97 Å². The molecule has 17 heavy (non-hydrogen) atoms. The number of carbonyl (C=O) groups is 1. The van der Waals surface area contributed by atoms with E-state index in [0.717, 1.165) is 0 Å². The van der Waals surface area contributed by atoms with Gasteiger partial charge in [0.15, 0.2) is 0 Å². The van der Waals surface area contributed by atoms with Gasteiger partial charge in [-0.3, -0.25) is 4.79 Å². The van der Waals surface area contributed by atoms with Gasteiger partial charge in [0.1, 0.15) is 16.1 Å². The van der Waals surface area contributed by atoms with Crippen LogP contribution in [-0.4, -0.2) is 37.2 Å². The first-order valence-corrected chi connectivity index (χ1v) is 6.33. The second-order valence-corrected chi connectivity index (χ2v) is 4.85. The number of halogens is 1. The summed E-state index contributed by atoms with van der Waals surface area (Å²) in [6.45, 7) is 1.43. The minimum Gasteiger partial charge on any atom is -0.468 e. The topological polar surface area (TPSA) is 86.2 Å². The molecule has 0 saturated carbocycles. The van der Waals surface area contributed by atoms with Gasteiger partial charge in [0.05, 0.1) is 18.6 Å². The summed E-state index contributed by atoms with van der Waals surface area (Å²) in [7, 11) is -1.58. The third-order valence-electron chi connectivity index (χ3n) is 2.27. The molecule has 0 aliphatic carbocycles. The van der Waals surface area contributed by atoms with Crippen LogP contribution in [0, 0.1) is 0 Å². The van der Waals surface area contributed by atoms with Crippen molar-refractivity contribution in [2.45, 2.75) is 12.3 Å². The summed E-state index contributed by atoms with van der Waals surface area (Å²) in [6, 6.07) is 1.43. The van der Waals surface area contributed by atoms with Gasteiger partial charge in [-0.2, -0.15) is 0 Å². The molecule has 1 aromatic rings. The molecule has 1 atom stereocenters. The number of hydrogen-bond donors (Lipinski definition) is 1. The Morgan fingerprint density at radius 1 is 1.59 bits per heavy atom. The van der Waals surface area contributed by atoms with Crippen LogP contribution in [0.1, 0.15) is 12.6 Å². The van der Waals surface area contributed by atoms with E-state index in [0.29, 0.717) is 0 Å². The molecule has 1 unspecified atom stereocenters. The van der Waals surface area contributed by atoms with Crippen LogP contribution in [0.5, 0.6) is 0 Å². The fraction of sp³-hybridized carbons (Fsp3) is 0.444. The Kier molecular flexibility index (Phi) is 4.41. The lowest BCUT2D eigenvalue weighted by Crippen LogP contribution is -2.39. The van der Waals surface area contributed by atoms with Gasteiger partial charge in [-0.25, -0.2) is 18.4 Å². The number of nitrogens with zero attached hydrogens (tertiary/aromatic N) is 2. The Morgan fingerprint density at radius 3 is 2.71 bits per heavy atom. The van der Waals surface area contributed by atoms with Crippen LogP contribution in [-0.2, 0) is 25.7 Å². The standard InChI is InChI=1S/C9H11ClN2O4S/c1-9(5-17(14)15,7(13)16-2)6-3-4-11-8(10)12-6/h3-4,17H,5H2,1-2H3. The zero-order valence-electron chi connectivity index (χ0n) is 9.21. The molecule has 0 saturated heterocycles. The van der Waals surface area contributed by atoms with Gasteiger partial charge in [-0.15, -0.1) is 0 Å². The molecular weight excluding hydrogens is 268 g/mol. The lowest BCUT2D eigenvalue weighted by atomic mass is 9.89. The molecule has 1 rings (SSSR count). The monoisotopic (exact) mass is 278 g/mol. The van der Waals surface area contributed by atoms with Crippen LogP contribution in [0.25, 0.3) is 0 Å². The fourth-order valence-corrected chi connectivity index (χ4v) is 2.33. The van der Waals surface area contributed by atoms with Crippen molar-refractivity contribution in [2.75, 3.05) is 12.9 Å². The van der Waals surface area contributed by atoms with Crippen LogP contribution in [0.3, 0.4) is 0 Å². The first-order valence-electron chi connectivity index (χ1n) is 4.59. The summed E-state index contributed by atoms with van der Waals surface area (Å²) >= 11 is 5.61. The summed E-state index contributed by atoms with van der Waals surface area (Å²) in [4.78, 5) is 19.2. The van der Waals surface area contributed by atoms with E-state index >= 15 is 0 Å². The van der Waals surface area contributed by atoms with E-state index < -0.39 is 27.8 Å². The molecule has 0 aromatic carbocycles. The minimum absolute atomic E-state index is 0.0567. The van der Waals surface area contributed by atoms with Crippen molar-refractivity contribution in [3.8, 4) is 0 Å². The van der Waals surface area contributed by atoms with Gasteiger partial charge in [0.2, 0.25) is 5.28 Å². The number of esters is 1. The molecule has 0 fully saturated rings. The van der Waals surface area contributed by atoms with E-state index in [9.17, 15) is 13.2 Å². The molecule has 0 radical (unpaired) electrons. The largest absolute Gasteiger partial charge is 0.468 e. The van der Waals surface area contributed by atoms with E-state index in [4.69, 9.17) is 11.6 Å². The maximum atomic E-state index is 11.7. The van der Waals surface area contributed by atoms with Crippen LogP contribution in [0.4, 0.5) is 0 Å². The van der Waals surface area contributed by atoms with Crippen molar-refractivity contribution in [2.24, 2.45) is 0 Å². The summed E-state index contributed by atoms with van der Waals surface area (Å²) < 4.78 is 26.3. The quantitative estimate of drug-likeness (QED) is 0.480. The van der Waals surface area contributed by atoms with Gasteiger partial charge in [-0.1, -0.05) is 0 Å². The maximum Gasteiger partial charge on any atom is 0.318 e. The van der Waals surface area contributed by atoms with Gasteiger partial charge < -0.3 is 4.74 Å². The first kappa shape index (κ1) is 13.9. The average Bonchev–Trinajstić information content (AvgIpc) is 2.26. The molecule has 8 heteroatoms. The average molecular weight is 279 g/mol. The predicted molar refractivity (Wildman–Crippen MR) is 61.6 cm³/mol. The number of thiol groups is 1. The number of aromatic nitrogens is 2. The van der Waals surface area contributed by atoms with Crippen LogP contribution in [0.15, 0.2) is 12.3 Å². The molecule has 0 aliphatic rings. The smallest absolute Gasteiger partial charge is 0.318 e. The fourth-order valence-electron chi connectivity index (χ4n) is 1.38. The van der Waals surface area contributed by atoms with Gasteiger partial charge in [0, 0.05) is 6.20 Å². The number of ether oxygens (including phenoxy) is 1. The van der Waals surface area contributed by atoms with Crippen LogP contribution < -0.4 is 0 Å². The lowest BCUT2D eigenvalue weighted by Gasteiger charge is -2.23. The highest BCUT2D eigenvalue weighted by Gasteiger charge is 2.39. The molecule has 94 valence electrons. The van der Waals surface area contributed by atoms with E-state index in [1.807, 2.05) is 0 Å². The zero-order valence-corrected chi connectivity index (χ0v) is 10.9. The Hall–Kier alpha value is -1.21. The second-order valence-electron chi connectivity index (χ2n) is 3.53. The van der Waals surface area contributed by atoms with Crippen LogP contribution >= 0.6 is 11.6 Å². The van der Waals surface area contributed by atoms with Crippen molar-refractivity contribution in [3.63, 3.8) is 0 Å². The van der Waals surface area contributed by atoms with Gasteiger partial charge in [0.25, 0.3) is 0 Å². The minimum atomic E-state index is -2.76. The Bertz CT molecular complexity index is 498. The molecule has 0 N–H and O–H groups in total. The van der Waals surface area contributed by atoms with Crippen molar-refractivity contribution < 1.29 is 17.9 Å². The molecular formula is C9H11ClN2O4S. The number of hydrogen-bond acceptors (Lipinski definition) is 6. The molecule has 0 amide bonds. The molecule has 1 heterocycles. The number of methoxy groups -OCH3 is 1. The third-order valence-corrected chi connectivity index (χ3v) is 3.35. The SMILES string of the molecule is COC(=O)C(C)(C[SH](=O)=O)c1ccnc(Cl)n1. The first-order chi connectivity index (χ1) is 7.90. The van der Waals surface area contributed by atoms with Crippen LogP contribution in [0.2, 0.25) is 5.28 Å². The van der Waals surface area contributed by atoms with Crippen molar-refractivity contribution >= 4 is 28.3 Å². The molecule has 6 nitrogen and oxygen atoms in total. The Morgan fingerprint density at radius 2 is 2.24 bits per heavy atom. The summed E-state index contributed by atoms with van der Waals surface area (Å²) in [6.07, 6.45) is 1.35. The number of rotatable bonds is 4. The highest BCUT2D eigenvalue weighted by molar-refractivity contribution is 7.72. The summed E-state index contributed by atoms with van der Waals surface area (Å²) in [5.74, 6) is -1.09. The highest BCUT2D eigenvalue weighted by atomic mass is 35.5. The molecule has 1 aromatic heterocycles.